The van der Waals surface area contributed by atoms with Crippen LogP contribution in [0.2, 0.25) is 0 Å². The van der Waals surface area contributed by atoms with Crippen molar-refractivity contribution < 1.29 is 14.4 Å². The molecule has 6 heteroatoms. The molecule has 2 fully saturated rings. The molecule has 6 nitrogen and oxygen atoms in total. The topological polar surface area (TPSA) is 87.3 Å². The van der Waals surface area contributed by atoms with E-state index in [1.54, 1.807) is 0 Å². The fourth-order valence-electron chi connectivity index (χ4n) is 2.28. The number of hydrogen-bond donors (Lipinski definition) is 3. The molecule has 94 valence electrons. The van der Waals surface area contributed by atoms with Crippen LogP contribution in [0.5, 0.6) is 0 Å². The minimum atomic E-state index is -0.574. The van der Waals surface area contributed by atoms with E-state index in [-0.39, 0.29) is 30.2 Å². The Morgan fingerprint density at radius 2 is 2.12 bits per heavy atom. The lowest BCUT2D eigenvalue weighted by Crippen LogP contribution is -2.55. The molecule has 2 aliphatic rings. The number of nitrogens with one attached hydrogen (secondary N) is 3. The zero-order valence-electron chi connectivity index (χ0n) is 9.79. The molecule has 17 heavy (non-hydrogen) atoms. The molecule has 3 atom stereocenters. The highest BCUT2D eigenvalue weighted by Crippen LogP contribution is 2.15. The number of carbonyl (C=O) groups is 3. The lowest BCUT2D eigenvalue weighted by molar-refractivity contribution is -0.137. The van der Waals surface area contributed by atoms with Crippen LogP contribution in [0.1, 0.15) is 26.2 Å². The summed E-state index contributed by atoms with van der Waals surface area (Å²) in [6.07, 6.45) is 1.63. The van der Waals surface area contributed by atoms with Gasteiger partial charge in [-0.2, -0.15) is 0 Å². The van der Waals surface area contributed by atoms with Crippen LogP contribution >= 0.6 is 0 Å². The van der Waals surface area contributed by atoms with Gasteiger partial charge in [0, 0.05) is 6.42 Å². The summed E-state index contributed by atoms with van der Waals surface area (Å²) >= 11 is 0. The van der Waals surface area contributed by atoms with Gasteiger partial charge in [-0.05, 0) is 25.3 Å². The van der Waals surface area contributed by atoms with E-state index in [1.165, 1.54) is 0 Å². The number of hydrogen-bond acceptors (Lipinski definition) is 4. The Morgan fingerprint density at radius 1 is 1.35 bits per heavy atom. The normalized spacial score (nSPS) is 33.4. The highest BCUT2D eigenvalue weighted by atomic mass is 16.2. The van der Waals surface area contributed by atoms with Crippen molar-refractivity contribution in [3.8, 4) is 0 Å². The van der Waals surface area contributed by atoms with Crippen molar-refractivity contribution in [2.45, 2.75) is 38.3 Å². The van der Waals surface area contributed by atoms with Crippen LogP contribution in [-0.2, 0) is 14.4 Å². The van der Waals surface area contributed by atoms with Gasteiger partial charge in [0.25, 0.3) is 0 Å². The smallest absolute Gasteiger partial charge is 0.249 e. The first kappa shape index (κ1) is 12.0. The molecule has 3 N–H and O–H groups in total. The summed E-state index contributed by atoms with van der Waals surface area (Å²) in [6.45, 7) is 2.84. The standard InChI is InChI=1S/C11H17N3O3/c1-6-4-5-12-9(6)11(17)13-7-2-3-8(15)14-10(7)16/h6-7,9,12H,2-5H2,1H3,(H,13,17)(H,14,15,16). The molecule has 0 aliphatic carbocycles. The Bertz CT molecular complexity index is 356. The maximum atomic E-state index is 11.9. The minimum Gasteiger partial charge on any atom is -0.343 e. The average Bonchev–Trinajstić information content (AvgIpc) is 2.68. The van der Waals surface area contributed by atoms with Gasteiger partial charge in [0.1, 0.15) is 6.04 Å². The second kappa shape index (κ2) is 4.83. The summed E-state index contributed by atoms with van der Waals surface area (Å²) in [5.41, 5.74) is 0. The number of piperidine rings is 1. The molecule has 0 saturated carbocycles. The summed E-state index contributed by atoms with van der Waals surface area (Å²) in [7, 11) is 0. The van der Waals surface area contributed by atoms with E-state index < -0.39 is 11.9 Å². The van der Waals surface area contributed by atoms with E-state index in [4.69, 9.17) is 0 Å². The molecule has 0 radical (unpaired) electrons. The van der Waals surface area contributed by atoms with Gasteiger partial charge in [-0.25, -0.2) is 0 Å². The summed E-state index contributed by atoms with van der Waals surface area (Å²) in [4.78, 5) is 34.3. The second-order valence-electron chi connectivity index (χ2n) is 4.71. The van der Waals surface area contributed by atoms with Gasteiger partial charge < -0.3 is 10.6 Å². The number of carbonyl (C=O) groups excluding carboxylic acids is 3. The van der Waals surface area contributed by atoms with Gasteiger partial charge in [0.05, 0.1) is 6.04 Å². The largest absolute Gasteiger partial charge is 0.343 e. The third-order valence-corrected chi connectivity index (χ3v) is 3.37. The molecule has 0 aromatic rings. The zero-order chi connectivity index (χ0) is 12.4. The van der Waals surface area contributed by atoms with E-state index in [0.717, 1.165) is 13.0 Å². The van der Waals surface area contributed by atoms with E-state index >= 15 is 0 Å². The van der Waals surface area contributed by atoms with Crippen LogP contribution in [0, 0.1) is 5.92 Å². The Kier molecular flexibility index (Phi) is 3.42. The summed E-state index contributed by atoms with van der Waals surface area (Å²) < 4.78 is 0. The Hall–Kier alpha value is -1.43. The lowest BCUT2D eigenvalue weighted by atomic mass is 10.0. The second-order valence-corrected chi connectivity index (χ2v) is 4.71. The molecule has 3 unspecified atom stereocenters. The van der Waals surface area contributed by atoms with Crippen molar-refractivity contribution >= 4 is 17.7 Å². The molecule has 0 spiro atoms. The fourth-order valence-corrected chi connectivity index (χ4v) is 2.28. The van der Waals surface area contributed by atoms with Crippen LogP contribution in [0.15, 0.2) is 0 Å². The lowest BCUT2D eigenvalue weighted by Gasteiger charge is -2.24. The number of amides is 3. The van der Waals surface area contributed by atoms with Crippen molar-refractivity contribution in [1.82, 2.24) is 16.0 Å². The molecular weight excluding hydrogens is 222 g/mol. The molecule has 0 aromatic carbocycles. The molecular formula is C11H17N3O3. The fraction of sp³-hybridized carbons (Fsp3) is 0.727. The van der Waals surface area contributed by atoms with Gasteiger partial charge in [-0.3, -0.25) is 19.7 Å². The minimum absolute atomic E-state index is 0.149. The maximum Gasteiger partial charge on any atom is 0.249 e. The summed E-state index contributed by atoms with van der Waals surface area (Å²) in [6, 6.07) is -0.796. The summed E-state index contributed by atoms with van der Waals surface area (Å²) in [5, 5.41) is 8.03. The van der Waals surface area contributed by atoms with E-state index in [2.05, 4.69) is 16.0 Å². The van der Waals surface area contributed by atoms with Crippen molar-refractivity contribution in [3.63, 3.8) is 0 Å². The highest BCUT2D eigenvalue weighted by molar-refractivity contribution is 6.02. The number of rotatable bonds is 2. The first-order valence-corrected chi connectivity index (χ1v) is 5.95. The molecule has 0 aromatic heterocycles. The van der Waals surface area contributed by atoms with Crippen molar-refractivity contribution in [3.05, 3.63) is 0 Å². The van der Waals surface area contributed by atoms with E-state index in [0.29, 0.717) is 6.42 Å². The van der Waals surface area contributed by atoms with Crippen molar-refractivity contribution in [2.24, 2.45) is 5.92 Å². The summed E-state index contributed by atoms with van der Waals surface area (Å²) in [5.74, 6) is -0.541. The van der Waals surface area contributed by atoms with Gasteiger partial charge in [0.15, 0.2) is 0 Å². The predicted molar refractivity (Wildman–Crippen MR) is 59.9 cm³/mol. The van der Waals surface area contributed by atoms with Crippen molar-refractivity contribution in [1.29, 1.82) is 0 Å². The van der Waals surface area contributed by atoms with Crippen LogP contribution < -0.4 is 16.0 Å². The molecule has 2 aliphatic heterocycles. The van der Waals surface area contributed by atoms with Crippen LogP contribution in [0.3, 0.4) is 0 Å². The monoisotopic (exact) mass is 239 g/mol. The molecule has 3 amide bonds. The van der Waals surface area contributed by atoms with E-state index in [1.807, 2.05) is 6.92 Å². The Morgan fingerprint density at radius 3 is 2.71 bits per heavy atom. The highest BCUT2D eigenvalue weighted by Gasteiger charge is 2.33. The van der Waals surface area contributed by atoms with Gasteiger partial charge in [-0.1, -0.05) is 6.92 Å². The maximum absolute atomic E-state index is 11.9. The van der Waals surface area contributed by atoms with Crippen LogP contribution in [0.25, 0.3) is 0 Å². The first-order valence-electron chi connectivity index (χ1n) is 5.95. The average molecular weight is 239 g/mol. The van der Waals surface area contributed by atoms with Crippen molar-refractivity contribution in [2.75, 3.05) is 6.54 Å². The number of imide groups is 1. The first-order chi connectivity index (χ1) is 8.08. The predicted octanol–water partition coefficient (Wildman–Crippen LogP) is -1.09. The third-order valence-electron chi connectivity index (χ3n) is 3.37. The van der Waals surface area contributed by atoms with E-state index in [9.17, 15) is 14.4 Å². The Balaban J connectivity index is 1.90. The molecule has 2 heterocycles. The Labute approximate surface area is 99.5 Å². The third kappa shape index (κ3) is 2.63. The van der Waals surface area contributed by atoms with Crippen LogP contribution in [-0.4, -0.2) is 36.3 Å². The SMILES string of the molecule is CC1CCNC1C(=O)NC1CCC(=O)NC1=O. The van der Waals surface area contributed by atoms with Crippen LogP contribution in [0.4, 0.5) is 0 Å². The molecule has 2 saturated heterocycles. The van der Waals surface area contributed by atoms with Gasteiger partial charge in [-0.15, -0.1) is 0 Å². The zero-order valence-corrected chi connectivity index (χ0v) is 9.79. The molecule has 0 bridgehead atoms. The van der Waals surface area contributed by atoms with Gasteiger partial charge >= 0.3 is 0 Å². The molecule has 2 rings (SSSR count). The quantitative estimate of drug-likeness (QED) is 0.534. The van der Waals surface area contributed by atoms with Gasteiger partial charge in [0.2, 0.25) is 17.7 Å².